The van der Waals surface area contributed by atoms with E-state index in [0.29, 0.717) is 0 Å². The van der Waals surface area contributed by atoms with E-state index in [1.807, 2.05) is 0 Å². The number of para-hydroxylation sites is 2. The Labute approximate surface area is 259 Å². The molecular formula is C43H38O. The summed E-state index contributed by atoms with van der Waals surface area (Å²) in [5.41, 5.74) is 9.67. The van der Waals surface area contributed by atoms with E-state index in [1.54, 1.807) is 0 Å². The lowest BCUT2D eigenvalue weighted by molar-refractivity contribution is 0.506. The molecule has 0 saturated heterocycles. The summed E-state index contributed by atoms with van der Waals surface area (Å²) < 4.78 is 6.61. The summed E-state index contributed by atoms with van der Waals surface area (Å²) in [6.07, 6.45) is 1.09. The highest BCUT2D eigenvalue weighted by Gasteiger charge is 2.23. The van der Waals surface area contributed by atoms with Crippen molar-refractivity contribution in [1.29, 1.82) is 0 Å². The molecule has 0 N–H and O–H groups in total. The maximum absolute atomic E-state index is 6.61. The van der Waals surface area contributed by atoms with Gasteiger partial charge >= 0.3 is 0 Å². The monoisotopic (exact) mass is 570 g/mol. The third-order valence-electron chi connectivity index (χ3n) is 10.1. The molecule has 0 amide bonds. The van der Waals surface area contributed by atoms with Crippen LogP contribution in [0, 0.1) is 0 Å². The molecule has 0 unspecified atom stereocenters. The second-order valence-corrected chi connectivity index (χ2v) is 14.2. The van der Waals surface area contributed by atoms with Crippen molar-refractivity contribution in [3.05, 3.63) is 120 Å². The van der Waals surface area contributed by atoms with Gasteiger partial charge in [-0.2, -0.15) is 0 Å². The van der Waals surface area contributed by atoms with Crippen LogP contribution in [0.1, 0.15) is 59.1 Å². The molecule has 0 spiro atoms. The van der Waals surface area contributed by atoms with Gasteiger partial charge in [-0.25, -0.2) is 0 Å². The lowest BCUT2D eigenvalue weighted by atomic mass is 9.79. The third-order valence-corrected chi connectivity index (χ3v) is 10.1. The van der Waals surface area contributed by atoms with E-state index in [1.165, 1.54) is 60.1 Å². The predicted molar refractivity (Wildman–Crippen MR) is 190 cm³/mol. The van der Waals surface area contributed by atoms with E-state index in [4.69, 9.17) is 4.42 Å². The molecule has 0 bridgehead atoms. The average molecular weight is 571 g/mol. The molecule has 8 aromatic rings. The van der Waals surface area contributed by atoms with E-state index in [2.05, 4.69) is 151 Å². The van der Waals surface area contributed by atoms with Crippen LogP contribution in [0.3, 0.4) is 0 Å². The van der Waals surface area contributed by atoms with Crippen molar-refractivity contribution < 1.29 is 4.42 Å². The summed E-state index contributed by atoms with van der Waals surface area (Å²) >= 11 is 0. The number of rotatable bonds is 4. The quantitative estimate of drug-likeness (QED) is 0.192. The molecule has 216 valence electrons. The predicted octanol–water partition coefficient (Wildman–Crippen LogP) is 12.8. The molecule has 0 aliphatic heterocycles. The number of fused-ring (bicyclic) bond motifs is 3. The average Bonchev–Trinajstić information content (AvgIpc) is 3.42. The fourth-order valence-electron chi connectivity index (χ4n) is 7.08. The van der Waals surface area contributed by atoms with Gasteiger partial charge in [-0.1, -0.05) is 139 Å². The first-order chi connectivity index (χ1) is 21.1. The highest BCUT2D eigenvalue weighted by Crippen LogP contribution is 2.47. The summed E-state index contributed by atoms with van der Waals surface area (Å²) in [6.45, 7) is 13.9. The number of furan rings is 1. The van der Waals surface area contributed by atoms with E-state index >= 15 is 0 Å². The zero-order valence-electron chi connectivity index (χ0n) is 26.5. The molecule has 0 saturated carbocycles. The fourth-order valence-corrected chi connectivity index (χ4v) is 7.08. The van der Waals surface area contributed by atoms with Crippen molar-refractivity contribution in [2.24, 2.45) is 0 Å². The Bertz CT molecular complexity index is 2360. The molecule has 44 heavy (non-hydrogen) atoms. The largest absolute Gasteiger partial charge is 0.455 e. The maximum Gasteiger partial charge on any atom is 0.143 e. The van der Waals surface area contributed by atoms with Crippen molar-refractivity contribution in [2.75, 3.05) is 0 Å². The van der Waals surface area contributed by atoms with Crippen molar-refractivity contribution >= 4 is 54.3 Å². The van der Waals surface area contributed by atoms with Gasteiger partial charge in [-0.3, -0.25) is 0 Å². The van der Waals surface area contributed by atoms with Gasteiger partial charge in [-0.15, -0.1) is 0 Å². The van der Waals surface area contributed by atoms with Crippen LogP contribution in [0.4, 0.5) is 0 Å². The SMILES string of the molecule is CCC(C)(C)c1cccc(-c2cc(-c3cccc4c3oc3ccccc34)c3ccc4cc(C(C)(C)C)cc5ccc2c3c54)c1. The van der Waals surface area contributed by atoms with Crippen molar-refractivity contribution in [3.8, 4) is 22.3 Å². The molecule has 1 aromatic heterocycles. The fraction of sp³-hybridized carbons (Fsp3) is 0.209. The van der Waals surface area contributed by atoms with Crippen LogP contribution in [0.15, 0.2) is 114 Å². The second kappa shape index (κ2) is 9.44. The van der Waals surface area contributed by atoms with Crippen LogP contribution in [0.2, 0.25) is 0 Å². The van der Waals surface area contributed by atoms with Gasteiger partial charge in [0.2, 0.25) is 0 Å². The Morgan fingerprint density at radius 3 is 1.93 bits per heavy atom. The summed E-state index contributed by atoms with van der Waals surface area (Å²) in [5.74, 6) is 0. The van der Waals surface area contributed by atoms with Crippen LogP contribution in [0.25, 0.3) is 76.5 Å². The van der Waals surface area contributed by atoms with Gasteiger partial charge in [-0.05, 0) is 89.5 Å². The van der Waals surface area contributed by atoms with Gasteiger partial charge in [0.25, 0.3) is 0 Å². The van der Waals surface area contributed by atoms with Gasteiger partial charge in [0.1, 0.15) is 11.2 Å². The molecule has 1 heteroatoms. The Morgan fingerprint density at radius 2 is 1.20 bits per heavy atom. The molecule has 0 radical (unpaired) electrons. The highest BCUT2D eigenvalue weighted by molar-refractivity contribution is 6.29. The third kappa shape index (κ3) is 3.99. The minimum atomic E-state index is 0.0736. The molecule has 0 fully saturated rings. The van der Waals surface area contributed by atoms with Crippen molar-refractivity contribution in [2.45, 2.75) is 58.8 Å². The van der Waals surface area contributed by atoms with Gasteiger partial charge in [0.15, 0.2) is 0 Å². The lowest BCUT2D eigenvalue weighted by Gasteiger charge is -2.25. The summed E-state index contributed by atoms with van der Waals surface area (Å²) in [5, 5.41) is 10.2. The molecule has 8 rings (SSSR count). The molecule has 0 aliphatic carbocycles. The standard InChI is InChI=1S/C43H38O/c1-7-43(5,6)29-13-10-12-26(22-29)36-25-37(35-16-11-15-34-31-14-8-9-17-38(31)44-41(34)35)33-21-19-28-24-30(42(2,3)4)23-27-18-20-32(36)40(33)39(27)28/h8-25H,7H2,1-6H3. The summed E-state index contributed by atoms with van der Waals surface area (Å²) in [7, 11) is 0. The van der Waals surface area contributed by atoms with Crippen LogP contribution >= 0.6 is 0 Å². The van der Waals surface area contributed by atoms with Crippen LogP contribution in [-0.2, 0) is 10.8 Å². The van der Waals surface area contributed by atoms with E-state index in [0.717, 1.165) is 33.9 Å². The Hall–Kier alpha value is -4.62. The zero-order chi connectivity index (χ0) is 30.4. The minimum Gasteiger partial charge on any atom is -0.455 e. The Balaban J connectivity index is 1.52. The molecule has 0 atom stereocenters. The molecule has 0 aliphatic rings. The molecule has 1 nitrogen and oxygen atoms in total. The van der Waals surface area contributed by atoms with Crippen LogP contribution in [-0.4, -0.2) is 0 Å². The highest BCUT2D eigenvalue weighted by atomic mass is 16.3. The minimum absolute atomic E-state index is 0.0736. The van der Waals surface area contributed by atoms with Gasteiger partial charge in [0.05, 0.1) is 0 Å². The van der Waals surface area contributed by atoms with Crippen molar-refractivity contribution in [3.63, 3.8) is 0 Å². The molecular weight excluding hydrogens is 532 g/mol. The maximum atomic E-state index is 6.61. The van der Waals surface area contributed by atoms with E-state index < -0.39 is 0 Å². The van der Waals surface area contributed by atoms with Gasteiger partial charge < -0.3 is 4.42 Å². The Kier molecular flexibility index (Phi) is 5.78. The summed E-state index contributed by atoms with van der Waals surface area (Å²) in [6, 6.07) is 40.8. The zero-order valence-corrected chi connectivity index (χ0v) is 26.5. The normalized spacial score (nSPS) is 12.9. The molecule has 7 aromatic carbocycles. The van der Waals surface area contributed by atoms with Gasteiger partial charge in [0, 0.05) is 16.3 Å². The topological polar surface area (TPSA) is 13.1 Å². The first-order valence-electron chi connectivity index (χ1n) is 15.9. The van der Waals surface area contributed by atoms with Crippen LogP contribution < -0.4 is 0 Å². The number of hydrogen-bond donors (Lipinski definition) is 0. The lowest BCUT2D eigenvalue weighted by Crippen LogP contribution is -2.15. The number of hydrogen-bond acceptors (Lipinski definition) is 1. The number of benzene rings is 7. The Morgan fingerprint density at radius 1 is 0.523 bits per heavy atom. The molecule has 1 heterocycles. The van der Waals surface area contributed by atoms with Crippen LogP contribution in [0.5, 0.6) is 0 Å². The first kappa shape index (κ1) is 27.0. The first-order valence-corrected chi connectivity index (χ1v) is 15.9. The second-order valence-electron chi connectivity index (χ2n) is 14.2. The summed E-state index contributed by atoms with van der Waals surface area (Å²) in [4.78, 5) is 0. The van der Waals surface area contributed by atoms with E-state index in [9.17, 15) is 0 Å². The van der Waals surface area contributed by atoms with E-state index in [-0.39, 0.29) is 10.8 Å². The van der Waals surface area contributed by atoms with Crippen molar-refractivity contribution in [1.82, 2.24) is 0 Å². The smallest absolute Gasteiger partial charge is 0.143 e.